The van der Waals surface area contributed by atoms with Gasteiger partial charge in [-0.15, -0.1) is 0 Å². The van der Waals surface area contributed by atoms with Crippen molar-refractivity contribution in [1.82, 2.24) is 0 Å². The van der Waals surface area contributed by atoms with E-state index in [9.17, 15) is 0 Å². The first-order chi connectivity index (χ1) is 7.18. The lowest BCUT2D eigenvalue weighted by molar-refractivity contribution is -0.196. The number of para-hydroxylation sites is 1. The standard InChI is InChI=1S/C12H17NO2/c1-12(9-10(13)7-8-14-12)15-11-5-3-2-4-6-11/h2-6,10H,7-9,13H2,1H3. The summed E-state index contributed by atoms with van der Waals surface area (Å²) in [5, 5.41) is 0. The normalized spacial score (nSPS) is 31.2. The van der Waals surface area contributed by atoms with Gasteiger partial charge >= 0.3 is 0 Å². The molecule has 0 amide bonds. The third-order valence-corrected chi connectivity index (χ3v) is 2.61. The zero-order chi connectivity index (χ0) is 10.7. The first kappa shape index (κ1) is 10.5. The lowest BCUT2D eigenvalue weighted by Crippen LogP contribution is -2.46. The van der Waals surface area contributed by atoms with Gasteiger partial charge in [0.25, 0.3) is 0 Å². The highest BCUT2D eigenvalue weighted by Crippen LogP contribution is 2.27. The summed E-state index contributed by atoms with van der Waals surface area (Å²) < 4.78 is 11.4. The molecule has 1 fully saturated rings. The van der Waals surface area contributed by atoms with E-state index < -0.39 is 5.79 Å². The number of hydrogen-bond acceptors (Lipinski definition) is 3. The molecule has 2 rings (SSSR count). The third-order valence-electron chi connectivity index (χ3n) is 2.61. The predicted octanol–water partition coefficient (Wildman–Crippen LogP) is 1.92. The Morgan fingerprint density at radius 3 is 2.80 bits per heavy atom. The molecule has 1 heterocycles. The zero-order valence-corrected chi connectivity index (χ0v) is 8.98. The fourth-order valence-electron chi connectivity index (χ4n) is 1.87. The van der Waals surface area contributed by atoms with E-state index in [-0.39, 0.29) is 6.04 Å². The van der Waals surface area contributed by atoms with E-state index in [1.54, 1.807) is 0 Å². The molecule has 3 nitrogen and oxygen atoms in total. The van der Waals surface area contributed by atoms with Crippen molar-refractivity contribution >= 4 is 0 Å². The molecule has 1 aliphatic heterocycles. The largest absolute Gasteiger partial charge is 0.463 e. The second-order valence-electron chi connectivity index (χ2n) is 4.15. The van der Waals surface area contributed by atoms with Crippen LogP contribution < -0.4 is 10.5 Å². The summed E-state index contributed by atoms with van der Waals surface area (Å²) in [5.74, 6) is 0.257. The van der Waals surface area contributed by atoms with Gasteiger partial charge in [0.1, 0.15) is 5.75 Å². The van der Waals surface area contributed by atoms with Crippen molar-refractivity contribution in [2.75, 3.05) is 6.61 Å². The van der Waals surface area contributed by atoms with Crippen LogP contribution in [0.1, 0.15) is 19.8 Å². The highest BCUT2D eigenvalue weighted by molar-refractivity contribution is 5.21. The topological polar surface area (TPSA) is 44.5 Å². The number of nitrogens with two attached hydrogens (primary N) is 1. The molecule has 2 atom stereocenters. The maximum Gasteiger partial charge on any atom is 0.209 e. The molecule has 1 aliphatic rings. The molecule has 0 aliphatic carbocycles. The number of ether oxygens (including phenoxy) is 2. The highest BCUT2D eigenvalue weighted by Gasteiger charge is 2.33. The van der Waals surface area contributed by atoms with Crippen molar-refractivity contribution in [2.45, 2.75) is 31.6 Å². The van der Waals surface area contributed by atoms with Gasteiger partial charge in [-0.2, -0.15) is 0 Å². The smallest absolute Gasteiger partial charge is 0.209 e. The van der Waals surface area contributed by atoms with Crippen LogP contribution in [0.3, 0.4) is 0 Å². The van der Waals surface area contributed by atoms with Gasteiger partial charge in [-0.3, -0.25) is 0 Å². The molecule has 0 bridgehead atoms. The molecule has 82 valence electrons. The molecular formula is C12H17NO2. The van der Waals surface area contributed by atoms with Gasteiger partial charge in [-0.05, 0) is 18.6 Å². The minimum Gasteiger partial charge on any atom is -0.463 e. The monoisotopic (exact) mass is 207 g/mol. The summed E-state index contributed by atoms with van der Waals surface area (Å²) in [4.78, 5) is 0. The molecule has 1 aromatic carbocycles. The lowest BCUT2D eigenvalue weighted by Gasteiger charge is -2.36. The minimum atomic E-state index is -0.570. The fourth-order valence-corrected chi connectivity index (χ4v) is 1.87. The van der Waals surface area contributed by atoms with Crippen molar-refractivity contribution < 1.29 is 9.47 Å². The van der Waals surface area contributed by atoms with Crippen LogP contribution >= 0.6 is 0 Å². The van der Waals surface area contributed by atoms with Crippen molar-refractivity contribution in [1.29, 1.82) is 0 Å². The number of hydrogen-bond donors (Lipinski definition) is 1. The first-order valence-electron chi connectivity index (χ1n) is 5.32. The summed E-state index contributed by atoms with van der Waals surface area (Å²) in [5.41, 5.74) is 5.90. The van der Waals surface area contributed by atoms with Gasteiger partial charge in [0.15, 0.2) is 0 Å². The van der Waals surface area contributed by atoms with Gasteiger partial charge in [0.2, 0.25) is 5.79 Å². The second kappa shape index (κ2) is 4.21. The quantitative estimate of drug-likeness (QED) is 0.805. The molecule has 0 radical (unpaired) electrons. The Morgan fingerprint density at radius 1 is 1.40 bits per heavy atom. The van der Waals surface area contributed by atoms with E-state index in [4.69, 9.17) is 15.2 Å². The Kier molecular flexibility index (Phi) is 2.93. The second-order valence-corrected chi connectivity index (χ2v) is 4.15. The Balaban J connectivity index is 2.04. The molecule has 0 aromatic heterocycles. The Hall–Kier alpha value is -1.06. The van der Waals surface area contributed by atoms with E-state index in [1.165, 1.54) is 0 Å². The van der Waals surface area contributed by atoms with Crippen LogP contribution in [0.4, 0.5) is 0 Å². The average molecular weight is 207 g/mol. The maximum atomic E-state index is 5.90. The van der Waals surface area contributed by atoms with Crippen LogP contribution in [0.5, 0.6) is 5.75 Å². The summed E-state index contributed by atoms with van der Waals surface area (Å²) in [6, 6.07) is 9.88. The SMILES string of the molecule is CC1(Oc2ccccc2)CC(N)CCO1. The van der Waals surface area contributed by atoms with Crippen molar-refractivity contribution in [2.24, 2.45) is 5.73 Å². The molecule has 2 unspecified atom stereocenters. The molecule has 15 heavy (non-hydrogen) atoms. The molecule has 0 saturated carbocycles. The fraction of sp³-hybridized carbons (Fsp3) is 0.500. The molecule has 0 spiro atoms. The summed E-state index contributed by atoms with van der Waals surface area (Å²) >= 11 is 0. The van der Waals surface area contributed by atoms with Gasteiger partial charge in [-0.1, -0.05) is 18.2 Å². The number of benzene rings is 1. The summed E-state index contributed by atoms with van der Waals surface area (Å²) in [7, 11) is 0. The van der Waals surface area contributed by atoms with Gasteiger partial charge in [0.05, 0.1) is 6.61 Å². The van der Waals surface area contributed by atoms with E-state index in [0.29, 0.717) is 6.61 Å². The van der Waals surface area contributed by atoms with Gasteiger partial charge in [-0.25, -0.2) is 0 Å². The summed E-state index contributed by atoms with van der Waals surface area (Å²) in [6.07, 6.45) is 1.65. The van der Waals surface area contributed by atoms with Crippen molar-refractivity contribution in [3.8, 4) is 5.75 Å². The van der Waals surface area contributed by atoms with Gasteiger partial charge < -0.3 is 15.2 Å². The number of rotatable bonds is 2. The van der Waals surface area contributed by atoms with Crippen LogP contribution in [-0.2, 0) is 4.74 Å². The van der Waals surface area contributed by atoms with Crippen LogP contribution in [0.15, 0.2) is 30.3 Å². The Bertz CT molecular complexity index is 315. The van der Waals surface area contributed by atoms with E-state index in [1.807, 2.05) is 37.3 Å². The van der Waals surface area contributed by atoms with Crippen LogP contribution in [0, 0.1) is 0 Å². The van der Waals surface area contributed by atoms with E-state index in [0.717, 1.165) is 18.6 Å². The van der Waals surface area contributed by atoms with Crippen molar-refractivity contribution in [3.63, 3.8) is 0 Å². The zero-order valence-electron chi connectivity index (χ0n) is 8.98. The molecule has 3 heteroatoms. The average Bonchev–Trinajstić information content (AvgIpc) is 2.18. The first-order valence-corrected chi connectivity index (χ1v) is 5.32. The maximum absolute atomic E-state index is 5.90. The highest BCUT2D eigenvalue weighted by atomic mass is 16.7. The molecule has 1 aromatic rings. The Morgan fingerprint density at radius 2 is 2.13 bits per heavy atom. The van der Waals surface area contributed by atoms with Gasteiger partial charge in [0, 0.05) is 19.4 Å². The van der Waals surface area contributed by atoms with E-state index >= 15 is 0 Å². The predicted molar refractivity (Wildman–Crippen MR) is 58.6 cm³/mol. The third kappa shape index (κ3) is 2.70. The molecular weight excluding hydrogens is 190 g/mol. The van der Waals surface area contributed by atoms with Crippen LogP contribution in [0.25, 0.3) is 0 Å². The van der Waals surface area contributed by atoms with Crippen LogP contribution in [0.2, 0.25) is 0 Å². The molecule has 1 saturated heterocycles. The van der Waals surface area contributed by atoms with Crippen LogP contribution in [-0.4, -0.2) is 18.4 Å². The minimum absolute atomic E-state index is 0.174. The molecule has 2 N–H and O–H groups in total. The Labute approximate surface area is 90.2 Å². The van der Waals surface area contributed by atoms with Crippen molar-refractivity contribution in [3.05, 3.63) is 30.3 Å². The van der Waals surface area contributed by atoms with E-state index in [2.05, 4.69) is 0 Å². The lowest BCUT2D eigenvalue weighted by atomic mass is 10.0. The summed E-state index contributed by atoms with van der Waals surface area (Å²) in [6.45, 7) is 2.61.